The summed E-state index contributed by atoms with van der Waals surface area (Å²) >= 11 is 0. The fourth-order valence-corrected chi connectivity index (χ4v) is 6.45. The molecule has 4 heterocycles. The van der Waals surface area contributed by atoms with E-state index in [-0.39, 0.29) is 11.4 Å². The summed E-state index contributed by atoms with van der Waals surface area (Å²) in [7, 11) is 1.43. The number of fused-ring (bicyclic) bond motifs is 1. The molecule has 6 rings (SSSR count). The van der Waals surface area contributed by atoms with Crippen molar-refractivity contribution in [2.45, 2.75) is 72.2 Å². The highest BCUT2D eigenvalue weighted by Gasteiger charge is 2.30. The van der Waals surface area contributed by atoms with Gasteiger partial charge in [-0.3, -0.25) is 4.90 Å². The van der Waals surface area contributed by atoms with Crippen LogP contribution in [0.25, 0.3) is 11.4 Å². The predicted octanol–water partition coefficient (Wildman–Crippen LogP) is 5.75. The molecule has 1 fully saturated rings. The lowest BCUT2D eigenvalue weighted by molar-refractivity contribution is 0.0325. The Morgan fingerprint density at radius 1 is 1.14 bits per heavy atom. The lowest BCUT2D eigenvalue weighted by Crippen LogP contribution is -2.35. The molecule has 0 amide bonds. The second kappa shape index (κ2) is 11.7. The molecule has 1 aromatic carbocycles. The summed E-state index contributed by atoms with van der Waals surface area (Å²) in [4.78, 5) is 19.1. The monoisotopic (exact) mass is 570 g/mol. The second-order valence-electron chi connectivity index (χ2n) is 11.4. The van der Waals surface area contributed by atoms with Crippen molar-refractivity contribution in [1.82, 2.24) is 19.7 Å². The Morgan fingerprint density at radius 3 is 2.69 bits per heavy atom. The summed E-state index contributed by atoms with van der Waals surface area (Å²) in [5.74, 6) is 0.350. The van der Waals surface area contributed by atoms with Gasteiger partial charge in [0.15, 0.2) is 5.82 Å². The Bertz CT molecular complexity index is 1580. The van der Waals surface area contributed by atoms with Crippen molar-refractivity contribution in [2.24, 2.45) is 0 Å². The van der Waals surface area contributed by atoms with Gasteiger partial charge in [-0.05, 0) is 92.0 Å². The van der Waals surface area contributed by atoms with Gasteiger partial charge >= 0.3 is 5.97 Å². The van der Waals surface area contributed by atoms with Crippen molar-refractivity contribution in [2.75, 3.05) is 20.3 Å². The summed E-state index contributed by atoms with van der Waals surface area (Å²) in [6.07, 6.45) is 7.48. The molecule has 0 spiro atoms. The highest BCUT2D eigenvalue weighted by molar-refractivity contribution is 5.90. The van der Waals surface area contributed by atoms with Crippen LogP contribution >= 0.6 is 0 Å². The molecular formula is C33H38N4O5. The minimum Gasteiger partial charge on any atom is -0.488 e. The molecule has 0 saturated carbocycles. The molecular weight excluding hydrogens is 532 g/mol. The Hall–Kier alpha value is -3.95. The molecule has 3 aromatic rings. The number of carbonyl (C=O) groups is 1. The third kappa shape index (κ3) is 5.23. The fourth-order valence-electron chi connectivity index (χ4n) is 6.45. The van der Waals surface area contributed by atoms with E-state index in [1.54, 1.807) is 6.07 Å². The van der Waals surface area contributed by atoms with Crippen LogP contribution in [0.2, 0.25) is 0 Å². The maximum Gasteiger partial charge on any atom is 0.342 e. The first kappa shape index (κ1) is 28.2. The largest absolute Gasteiger partial charge is 0.488 e. The Kier molecular flexibility index (Phi) is 7.88. The zero-order chi connectivity index (χ0) is 29.4. The quantitative estimate of drug-likeness (QED) is 0.365. The first-order chi connectivity index (χ1) is 20.4. The van der Waals surface area contributed by atoms with Crippen LogP contribution in [0.3, 0.4) is 0 Å². The third-order valence-electron chi connectivity index (χ3n) is 8.84. The fraction of sp³-hybridized carbons (Fsp3) is 0.424. The Labute approximate surface area is 246 Å². The van der Waals surface area contributed by atoms with Crippen LogP contribution in [0.1, 0.15) is 76.5 Å². The van der Waals surface area contributed by atoms with Crippen LogP contribution in [0, 0.1) is 13.8 Å². The molecule has 42 heavy (non-hydrogen) atoms. The summed E-state index contributed by atoms with van der Waals surface area (Å²) in [6, 6.07) is 8.51. The number of pyridine rings is 1. The summed E-state index contributed by atoms with van der Waals surface area (Å²) in [6.45, 7) is 10.8. The number of aromatic carboxylic acids is 1. The van der Waals surface area contributed by atoms with Crippen LogP contribution in [-0.4, -0.2) is 57.1 Å². The van der Waals surface area contributed by atoms with Gasteiger partial charge in [-0.1, -0.05) is 18.2 Å². The van der Waals surface area contributed by atoms with Crippen molar-refractivity contribution in [3.8, 4) is 11.7 Å². The molecule has 1 saturated heterocycles. The predicted molar refractivity (Wildman–Crippen MR) is 159 cm³/mol. The van der Waals surface area contributed by atoms with Gasteiger partial charge in [-0.2, -0.15) is 9.78 Å². The van der Waals surface area contributed by atoms with E-state index in [0.29, 0.717) is 18.5 Å². The summed E-state index contributed by atoms with van der Waals surface area (Å²) in [5.41, 5.74) is 9.64. The number of benzene rings is 1. The molecule has 0 radical (unpaired) electrons. The first-order valence-electron chi connectivity index (χ1n) is 14.6. The number of carboxylic acid groups (broad SMARTS) is 1. The number of aromatic nitrogens is 3. The maximum atomic E-state index is 11.6. The number of hydrogen-bond donors (Lipinski definition) is 1. The smallest absolute Gasteiger partial charge is 0.342 e. The second-order valence-corrected chi connectivity index (χ2v) is 11.4. The molecule has 1 aliphatic carbocycles. The van der Waals surface area contributed by atoms with Gasteiger partial charge in [0.2, 0.25) is 5.88 Å². The normalized spacial score (nSPS) is 17.8. The average molecular weight is 571 g/mol. The lowest BCUT2D eigenvalue weighted by Gasteiger charge is -2.30. The number of hydrogen-bond acceptors (Lipinski definition) is 7. The molecule has 9 heteroatoms. The van der Waals surface area contributed by atoms with E-state index in [2.05, 4.69) is 42.9 Å². The van der Waals surface area contributed by atoms with Crippen LogP contribution in [0.15, 0.2) is 47.9 Å². The van der Waals surface area contributed by atoms with Gasteiger partial charge in [0, 0.05) is 37.9 Å². The van der Waals surface area contributed by atoms with E-state index in [1.807, 2.05) is 12.1 Å². The number of allylic oxidation sites excluding steroid dienone is 3. The molecule has 0 atom stereocenters. The topological polar surface area (TPSA) is 98.9 Å². The minimum atomic E-state index is -1.10. The van der Waals surface area contributed by atoms with Gasteiger partial charge in [0.05, 0.1) is 19.0 Å². The lowest BCUT2D eigenvalue weighted by atomic mass is 9.94. The van der Waals surface area contributed by atoms with Crippen LogP contribution in [0.4, 0.5) is 0 Å². The summed E-state index contributed by atoms with van der Waals surface area (Å²) in [5, 5.41) is 13.7. The zero-order valence-corrected chi connectivity index (χ0v) is 24.8. The van der Waals surface area contributed by atoms with Crippen molar-refractivity contribution in [3.05, 3.63) is 86.9 Å². The van der Waals surface area contributed by atoms with E-state index in [4.69, 9.17) is 19.2 Å². The standard InChI is InChI=1S/C33H38N4O5/c1-20-7-5-8-25(29-9-6-10-30(35-29)37-32(40-4)26(16-34-37)33(38)39)31(20)42-19-23-15-21(2)27-17-36(18-28(27)22(23)3)24-11-13-41-14-12-24/h6,8-10,15-16,24H,5,7,11-14,17-19H2,1-4H3,(H,38,39). The number of aryl methyl sites for hydroxylation is 1. The van der Waals surface area contributed by atoms with Crippen molar-refractivity contribution >= 4 is 11.5 Å². The number of ether oxygens (including phenoxy) is 3. The maximum absolute atomic E-state index is 11.6. The van der Waals surface area contributed by atoms with Gasteiger partial charge < -0.3 is 19.3 Å². The van der Waals surface area contributed by atoms with E-state index in [9.17, 15) is 9.90 Å². The molecule has 0 unspecified atom stereocenters. The number of methoxy groups -OCH3 is 1. The van der Waals surface area contributed by atoms with Crippen molar-refractivity contribution < 1.29 is 24.1 Å². The SMILES string of the molecule is COc1c(C(=O)O)cnn1-c1cccc(C2=CCCC(C)=C2OCc2cc(C)c3c(c2C)CN(C2CCOCC2)C3)n1. The molecule has 9 nitrogen and oxygen atoms in total. The molecule has 0 bridgehead atoms. The molecule has 3 aliphatic rings. The van der Waals surface area contributed by atoms with Crippen LogP contribution in [-0.2, 0) is 29.2 Å². The van der Waals surface area contributed by atoms with Crippen molar-refractivity contribution in [1.29, 1.82) is 0 Å². The van der Waals surface area contributed by atoms with Gasteiger partial charge in [0.1, 0.15) is 17.9 Å². The highest BCUT2D eigenvalue weighted by atomic mass is 16.5. The van der Waals surface area contributed by atoms with Gasteiger partial charge in [0.25, 0.3) is 0 Å². The van der Waals surface area contributed by atoms with E-state index < -0.39 is 5.97 Å². The average Bonchev–Trinajstić information content (AvgIpc) is 3.65. The van der Waals surface area contributed by atoms with Crippen LogP contribution in [0.5, 0.6) is 5.88 Å². The van der Waals surface area contributed by atoms with Gasteiger partial charge in [-0.15, -0.1) is 0 Å². The number of nitrogens with zero attached hydrogens (tertiary/aromatic N) is 4. The van der Waals surface area contributed by atoms with E-state index in [0.717, 1.165) is 69.0 Å². The molecule has 2 aliphatic heterocycles. The summed E-state index contributed by atoms with van der Waals surface area (Å²) < 4.78 is 19.0. The minimum absolute atomic E-state index is 0.0164. The Morgan fingerprint density at radius 2 is 1.93 bits per heavy atom. The van der Waals surface area contributed by atoms with E-state index in [1.165, 1.54) is 51.4 Å². The van der Waals surface area contributed by atoms with E-state index >= 15 is 0 Å². The highest BCUT2D eigenvalue weighted by Crippen LogP contribution is 2.37. The molecule has 220 valence electrons. The number of rotatable bonds is 8. The third-order valence-corrected chi connectivity index (χ3v) is 8.84. The van der Waals surface area contributed by atoms with Crippen LogP contribution < -0.4 is 4.74 Å². The first-order valence-corrected chi connectivity index (χ1v) is 14.6. The molecule has 1 N–H and O–H groups in total. The van der Waals surface area contributed by atoms with Crippen molar-refractivity contribution in [3.63, 3.8) is 0 Å². The zero-order valence-electron chi connectivity index (χ0n) is 24.8. The Balaban J connectivity index is 1.24. The number of carboxylic acids is 1. The van der Waals surface area contributed by atoms with Gasteiger partial charge in [-0.25, -0.2) is 9.78 Å². The molecule has 2 aromatic heterocycles.